The molecule has 0 aliphatic carbocycles. The lowest BCUT2D eigenvalue weighted by molar-refractivity contribution is -0.0392. The molecule has 0 aliphatic rings. The molecule has 0 aliphatic heterocycles. The Kier molecular flexibility index (Phi) is 4.86. The smallest absolute Gasteiger partial charge is 0.338 e. The van der Waals surface area contributed by atoms with Crippen LogP contribution in [-0.2, 0) is 10.3 Å². The van der Waals surface area contributed by atoms with E-state index in [0.29, 0.717) is 11.5 Å². The predicted octanol–water partition coefficient (Wildman–Crippen LogP) is 3.42. The molecule has 6 heteroatoms. The summed E-state index contributed by atoms with van der Waals surface area (Å²) in [4.78, 5) is 12.0. The summed E-state index contributed by atoms with van der Waals surface area (Å²) in [6.07, 6.45) is 0. The number of aryl methyl sites for hydroxylation is 2. The molecule has 3 rings (SSSR count). The number of hydrogen-bond acceptors (Lipinski definition) is 6. The van der Waals surface area contributed by atoms with Crippen LogP contribution in [0.3, 0.4) is 0 Å². The van der Waals surface area contributed by atoms with Crippen molar-refractivity contribution < 1.29 is 19.1 Å². The van der Waals surface area contributed by atoms with Crippen molar-refractivity contribution in [2.45, 2.75) is 26.4 Å². The molecule has 1 N–H and O–H groups in total. The standard InChI is InChI=1S/C20H20N2O4/c1-13-9-14(2)11-16(10-13)17-21-22-19(26-17)20(3,24)12-25-18(23)15-7-5-4-6-8-15/h4-11,24H,12H2,1-3H3. The van der Waals surface area contributed by atoms with Crippen LogP contribution in [-0.4, -0.2) is 27.9 Å². The molecule has 1 aromatic heterocycles. The van der Waals surface area contributed by atoms with Gasteiger partial charge in [0.05, 0.1) is 5.56 Å². The second-order valence-corrected chi connectivity index (χ2v) is 6.50. The summed E-state index contributed by atoms with van der Waals surface area (Å²) in [7, 11) is 0. The highest BCUT2D eigenvalue weighted by atomic mass is 16.5. The molecule has 6 nitrogen and oxygen atoms in total. The fourth-order valence-corrected chi connectivity index (χ4v) is 2.58. The van der Waals surface area contributed by atoms with Gasteiger partial charge >= 0.3 is 5.97 Å². The minimum Gasteiger partial charge on any atom is -0.458 e. The van der Waals surface area contributed by atoms with E-state index in [1.807, 2.05) is 32.0 Å². The molecule has 0 amide bonds. The molecular formula is C20H20N2O4. The van der Waals surface area contributed by atoms with Gasteiger partial charge in [-0.25, -0.2) is 4.79 Å². The Morgan fingerprint density at radius 1 is 1.12 bits per heavy atom. The molecule has 134 valence electrons. The van der Waals surface area contributed by atoms with E-state index in [2.05, 4.69) is 10.2 Å². The molecule has 1 unspecified atom stereocenters. The highest BCUT2D eigenvalue weighted by Gasteiger charge is 2.32. The summed E-state index contributed by atoms with van der Waals surface area (Å²) in [5.74, 6) is -0.228. The van der Waals surface area contributed by atoms with Gasteiger partial charge in [0.2, 0.25) is 5.89 Å². The van der Waals surface area contributed by atoms with Crippen LogP contribution in [0.15, 0.2) is 52.9 Å². The van der Waals surface area contributed by atoms with Crippen molar-refractivity contribution in [1.82, 2.24) is 10.2 Å². The van der Waals surface area contributed by atoms with Crippen molar-refractivity contribution in [1.29, 1.82) is 0 Å². The van der Waals surface area contributed by atoms with Gasteiger partial charge in [-0.05, 0) is 45.0 Å². The van der Waals surface area contributed by atoms with E-state index in [1.54, 1.807) is 30.3 Å². The fraction of sp³-hybridized carbons (Fsp3) is 0.250. The third-order valence-electron chi connectivity index (χ3n) is 3.85. The van der Waals surface area contributed by atoms with Crippen LogP contribution >= 0.6 is 0 Å². The highest BCUT2D eigenvalue weighted by molar-refractivity contribution is 5.89. The first-order valence-corrected chi connectivity index (χ1v) is 8.22. The number of hydrogen-bond donors (Lipinski definition) is 1. The van der Waals surface area contributed by atoms with Crippen LogP contribution in [0.2, 0.25) is 0 Å². The van der Waals surface area contributed by atoms with Gasteiger partial charge in [-0.15, -0.1) is 10.2 Å². The summed E-state index contributed by atoms with van der Waals surface area (Å²) in [6, 6.07) is 14.5. The highest BCUT2D eigenvalue weighted by Crippen LogP contribution is 2.26. The van der Waals surface area contributed by atoms with Gasteiger partial charge in [-0.1, -0.05) is 35.4 Å². The maximum Gasteiger partial charge on any atom is 0.338 e. The first-order valence-electron chi connectivity index (χ1n) is 8.22. The van der Waals surface area contributed by atoms with Crippen molar-refractivity contribution in [2.75, 3.05) is 6.61 Å². The number of ether oxygens (including phenoxy) is 1. The number of aromatic nitrogens is 2. The van der Waals surface area contributed by atoms with Crippen molar-refractivity contribution in [3.05, 3.63) is 71.1 Å². The van der Waals surface area contributed by atoms with E-state index in [-0.39, 0.29) is 12.5 Å². The lowest BCUT2D eigenvalue weighted by Crippen LogP contribution is -2.29. The Bertz CT molecular complexity index is 896. The van der Waals surface area contributed by atoms with Gasteiger partial charge < -0.3 is 14.3 Å². The lowest BCUT2D eigenvalue weighted by Gasteiger charge is -2.18. The molecule has 26 heavy (non-hydrogen) atoms. The number of carbonyl (C=O) groups is 1. The molecule has 0 fully saturated rings. The minimum atomic E-state index is -1.59. The van der Waals surface area contributed by atoms with Gasteiger partial charge in [0.1, 0.15) is 6.61 Å². The molecule has 0 saturated heterocycles. The second-order valence-electron chi connectivity index (χ2n) is 6.50. The molecular weight excluding hydrogens is 332 g/mol. The molecule has 1 heterocycles. The molecule has 3 aromatic rings. The fourth-order valence-electron chi connectivity index (χ4n) is 2.58. The molecule has 0 spiro atoms. The van der Waals surface area contributed by atoms with Gasteiger partial charge in [0, 0.05) is 5.56 Å². The van der Waals surface area contributed by atoms with Crippen molar-refractivity contribution in [3.63, 3.8) is 0 Å². The van der Waals surface area contributed by atoms with Gasteiger partial charge in [-0.2, -0.15) is 0 Å². The zero-order chi connectivity index (χ0) is 18.7. The topological polar surface area (TPSA) is 85.5 Å². The maximum atomic E-state index is 12.0. The molecule has 1 atom stereocenters. The first-order chi connectivity index (χ1) is 12.3. The molecule has 0 bridgehead atoms. The van der Waals surface area contributed by atoms with E-state index < -0.39 is 11.6 Å². The Balaban J connectivity index is 1.74. The number of carbonyl (C=O) groups excluding carboxylic acids is 1. The summed E-state index contributed by atoms with van der Waals surface area (Å²) in [5.41, 5.74) is 1.74. The summed E-state index contributed by atoms with van der Waals surface area (Å²) < 4.78 is 10.8. The molecule has 2 aromatic carbocycles. The average molecular weight is 352 g/mol. The third-order valence-corrected chi connectivity index (χ3v) is 3.85. The lowest BCUT2D eigenvalue weighted by atomic mass is 10.1. The van der Waals surface area contributed by atoms with E-state index in [1.165, 1.54) is 6.92 Å². The Hall–Kier alpha value is -2.99. The van der Waals surface area contributed by atoms with E-state index in [0.717, 1.165) is 16.7 Å². The monoisotopic (exact) mass is 352 g/mol. The summed E-state index contributed by atoms with van der Waals surface area (Å²) >= 11 is 0. The summed E-state index contributed by atoms with van der Waals surface area (Å²) in [6.45, 7) is 5.12. The van der Waals surface area contributed by atoms with E-state index in [9.17, 15) is 9.90 Å². The Morgan fingerprint density at radius 2 is 1.77 bits per heavy atom. The van der Waals surface area contributed by atoms with Crippen LogP contribution in [0.25, 0.3) is 11.5 Å². The number of nitrogens with zero attached hydrogens (tertiary/aromatic N) is 2. The first kappa shape index (κ1) is 17.8. The van der Waals surface area contributed by atoms with Crippen molar-refractivity contribution in [3.8, 4) is 11.5 Å². The molecule has 0 saturated carbocycles. The zero-order valence-electron chi connectivity index (χ0n) is 14.9. The van der Waals surface area contributed by atoms with Gasteiger partial charge in [0.15, 0.2) is 5.60 Å². The normalized spacial score (nSPS) is 13.2. The van der Waals surface area contributed by atoms with Crippen LogP contribution < -0.4 is 0 Å². The van der Waals surface area contributed by atoms with Crippen LogP contribution in [0, 0.1) is 13.8 Å². The number of aliphatic hydroxyl groups is 1. The van der Waals surface area contributed by atoms with E-state index >= 15 is 0 Å². The Labute approximate surface area is 151 Å². The average Bonchev–Trinajstić information content (AvgIpc) is 3.11. The van der Waals surface area contributed by atoms with Crippen molar-refractivity contribution >= 4 is 5.97 Å². The number of benzene rings is 2. The zero-order valence-corrected chi connectivity index (χ0v) is 14.9. The van der Waals surface area contributed by atoms with Crippen LogP contribution in [0.5, 0.6) is 0 Å². The number of rotatable bonds is 5. The van der Waals surface area contributed by atoms with Gasteiger partial charge in [-0.3, -0.25) is 0 Å². The minimum absolute atomic E-state index is 0.00693. The summed E-state index contributed by atoms with van der Waals surface area (Å²) in [5, 5.41) is 18.5. The maximum absolute atomic E-state index is 12.0. The largest absolute Gasteiger partial charge is 0.458 e. The van der Waals surface area contributed by atoms with E-state index in [4.69, 9.17) is 9.15 Å². The second kappa shape index (κ2) is 7.09. The Morgan fingerprint density at radius 3 is 2.42 bits per heavy atom. The van der Waals surface area contributed by atoms with Crippen LogP contribution in [0.1, 0.15) is 34.3 Å². The molecule has 0 radical (unpaired) electrons. The number of esters is 1. The third kappa shape index (κ3) is 3.97. The quantitative estimate of drug-likeness (QED) is 0.708. The van der Waals surface area contributed by atoms with Crippen molar-refractivity contribution in [2.24, 2.45) is 0 Å². The SMILES string of the molecule is Cc1cc(C)cc(-c2nnc(C(C)(O)COC(=O)c3ccccc3)o2)c1. The van der Waals surface area contributed by atoms with Gasteiger partial charge in [0.25, 0.3) is 5.89 Å². The predicted molar refractivity (Wildman–Crippen MR) is 95.5 cm³/mol. The van der Waals surface area contributed by atoms with Crippen LogP contribution in [0.4, 0.5) is 0 Å².